The second kappa shape index (κ2) is 6.05. The van der Waals surface area contributed by atoms with Gasteiger partial charge in [0.25, 0.3) is 0 Å². The molecule has 0 bridgehead atoms. The van der Waals surface area contributed by atoms with Crippen LogP contribution in [0.5, 0.6) is 0 Å². The Morgan fingerprint density at radius 1 is 1.22 bits per heavy atom. The van der Waals surface area contributed by atoms with Gasteiger partial charge in [-0.3, -0.25) is 0 Å². The number of rotatable bonds is 6. The van der Waals surface area contributed by atoms with Crippen LogP contribution in [0.4, 0.5) is 0 Å². The van der Waals surface area contributed by atoms with Gasteiger partial charge in [0.1, 0.15) is 0 Å². The molecular formula is C19H31BO3. The average Bonchev–Trinajstić information content (AvgIpc) is 2.61. The van der Waals surface area contributed by atoms with Crippen LogP contribution in [-0.2, 0) is 9.31 Å². The first-order valence-electron chi connectivity index (χ1n) is 9.23. The molecule has 3 nitrogen and oxygen atoms in total. The lowest BCUT2D eigenvalue weighted by atomic mass is 9.60. The molecule has 2 atom stereocenters. The van der Waals surface area contributed by atoms with Crippen LogP contribution in [0.1, 0.15) is 66.7 Å². The summed E-state index contributed by atoms with van der Waals surface area (Å²) in [5, 5.41) is 10.7. The van der Waals surface area contributed by atoms with Gasteiger partial charge in [0, 0.05) is 5.92 Å². The van der Waals surface area contributed by atoms with Crippen molar-refractivity contribution in [1.29, 1.82) is 0 Å². The van der Waals surface area contributed by atoms with E-state index >= 15 is 0 Å². The Hall–Kier alpha value is -0.575. The molecule has 3 aliphatic rings. The number of hydrogen-bond donors (Lipinski definition) is 1. The molecule has 1 heterocycles. The lowest BCUT2D eigenvalue weighted by Crippen LogP contribution is -2.41. The zero-order chi connectivity index (χ0) is 16.8. The van der Waals surface area contributed by atoms with Crippen LogP contribution in [0.15, 0.2) is 22.8 Å². The molecule has 1 N–H and O–H groups in total. The highest BCUT2D eigenvalue weighted by Gasteiger charge is 2.53. The number of aliphatic hydroxyl groups excluding tert-OH is 1. The summed E-state index contributed by atoms with van der Waals surface area (Å²) in [6.45, 7) is 10.5. The lowest BCUT2D eigenvalue weighted by molar-refractivity contribution is 0.00578. The van der Waals surface area contributed by atoms with E-state index in [-0.39, 0.29) is 30.3 Å². The molecule has 1 saturated heterocycles. The molecule has 2 aliphatic carbocycles. The van der Waals surface area contributed by atoms with Crippen LogP contribution in [0.25, 0.3) is 0 Å². The molecule has 0 aromatic carbocycles. The van der Waals surface area contributed by atoms with Gasteiger partial charge >= 0.3 is 7.12 Å². The smallest absolute Gasteiger partial charge is 0.403 e. The predicted octanol–water partition coefficient (Wildman–Crippen LogP) is 4.28. The van der Waals surface area contributed by atoms with Gasteiger partial charge in [-0.05, 0) is 76.4 Å². The summed E-state index contributed by atoms with van der Waals surface area (Å²) in [5.41, 5.74) is 3.57. The molecule has 23 heavy (non-hydrogen) atoms. The third-order valence-electron chi connectivity index (χ3n) is 6.15. The number of allylic oxidation sites excluding steroid dienone is 2. The van der Waals surface area contributed by atoms with Crippen LogP contribution in [0.2, 0.25) is 6.32 Å². The van der Waals surface area contributed by atoms with E-state index in [9.17, 15) is 5.11 Å². The second-order valence-corrected chi connectivity index (χ2v) is 8.28. The summed E-state index contributed by atoms with van der Waals surface area (Å²) >= 11 is 0. The molecule has 1 aliphatic heterocycles. The Morgan fingerprint density at radius 3 is 2.30 bits per heavy atom. The van der Waals surface area contributed by atoms with E-state index in [0.717, 1.165) is 25.6 Å². The van der Waals surface area contributed by atoms with Crippen LogP contribution in [0.3, 0.4) is 0 Å². The highest BCUT2D eigenvalue weighted by Crippen LogP contribution is 2.49. The first-order valence-corrected chi connectivity index (χ1v) is 9.23. The van der Waals surface area contributed by atoms with Gasteiger partial charge in [0.05, 0.1) is 17.3 Å². The topological polar surface area (TPSA) is 38.7 Å². The van der Waals surface area contributed by atoms with Crippen molar-refractivity contribution in [3.63, 3.8) is 0 Å². The maximum absolute atomic E-state index is 10.7. The number of unbranched alkanes of at least 4 members (excludes halogenated alkanes) is 1. The summed E-state index contributed by atoms with van der Waals surface area (Å²) in [6, 6.07) is 0. The van der Waals surface area contributed by atoms with Crippen molar-refractivity contribution in [2.45, 2.75) is 90.3 Å². The summed E-state index contributed by atoms with van der Waals surface area (Å²) < 4.78 is 12.3. The van der Waals surface area contributed by atoms with Gasteiger partial charge in [-0.2, -0.15) is 0 Å². The predicted molar refractivity (Wildman–Crippen MR) is 94.3 cm³/mol. The fraction of sp³-hybridized carbons (Fsp3) is 0.789. The van der Waals surface area contributed by atoms with Crippen molar-refractivity contribution in [3.05, 3.63) is 22.8 Å². The van der Waals surface area contributed by atoms with Gasteiger partial charge in [-0.1, -0.05) is 19.4 Å². The van der Waals surface area contributed by atoms with E-state index in [1.165, 1.54) is 29.6 Å². The van der Waals surface area contributed by atoms with Crippen molar-refractivity contribution in [1.82, 2.24) is 0 Å². The first kappa shape index (κ1) is 17.3. The van der Waals surface area contributed by atoms with E-state index in [1.807, 2.05) is 0 Å². The number of aliphatic hydroxyl groups is 1. The second-order valence-electron chi connectivity index (χ2n) is 8.28. The van der Waals surface area contributed by atoms with Crippen molar-refractivity contribution in [3.8, 4) is 0 Å². The van der Waals surface area contributed by atoms with E-state index in [2.05, 4.69) is 40.7 Å². The Bertz CT molecular complexity index is 517. The molecule has 0 amide bonds. The molecule has 0 aromatic rings. The molecule has 0 radical (unpaired) electrons. The van der Waals surface area contributed by atoms with Crippen molar-refractivity contribution >= 4 is 7.12 Å². The van der Waals surface area contributed by atoms with Gasteiger partial charge < -0.3 is 14.4 Å². The first-order chi connectivity index (χ1) is 10.8. The molecule has 1 fully saturated rings. The van der Waals surface area contributed by atoms with Gasteiger partial charge in [-0.25, -0.2) is 0 Å². The van der Waals surface area contributed by atoms with E-state index in [4.69, 9.17) is 9.31 Å². The third-order valence-corrected chi connectivity index (χ3v) is 6.15. The molecule has 0 spiro atoms. The molecule has 0 saturated carbocycles. The summed E-state index contributed by atoms with van der Waals surface area (Å²) in [7, 11) is -0.219. The minimum absolute atomic E-state index is 0.183. The molecule has 128 valence electrons. The Kier molecular flexibility index (Phi) is 4.54. The highest BCUT2D eigenvalue weighted by atomic mass is 16.7. The minimum atomic E-state index is -0.308. The molecule has 0 aromatic heterocycles. The highest BCUT2D eigenvalue weighted by molar-refractivity contribution is 6.45. The minimum Gasteiger partial charge on any atom is -0.403 e. The van der Waals surface area contributed by atoms with E-state index in [1.54, 1.807) is 0 Å². The maximum atomic E-state index is 10.7. The zero-order valence-electron chi connectivity index (χ0n) is 15.3. The standard InChI is InChI=1S/C19H31BO3/c1-6-7-11-14-16(13-9-8-10-13)15(17(14)21)12-20-22-18(2,3)19(4,5)23-20/h9,15,17,21H,6-8,10-12H2,1-5H3/t15-,17-/m1/s1. The quantitative estimate of drug-likeness (QED) is 0.743. The zero-order valence-corrected chi connectivity index (χ0v) is 15.3. The van der Waals surface area contributed by atoms with Crippen molar-refractivity contribution < 1.29 is 14.4 Å². The van der Waals surface area contributed by atoms with Crippen molar-refractivity contribution in [2.75, 3.05) is 0 Å². The van der Waals surface area contributed by atoms with Crippen LogP contribution in [-0.4, -0.2) is 29.5 Å². The van der Waals surface area contributed by atoms with Gasteiger partial charge in [0.2, 0.25) is 0 Å². The normalized spacial score (nSPS) is 31.7. The Morgan fingerprint density at radius 2 is 1.83 bits per heavy atom. The summed E-state index contributed by atoms with van der Waals surface area (Å²) in [5.74, 6) is 0.183. The van der Waals surface area contributed by atoms with Gasteiger partial charge in [-0.15, -0.1) is 0 Å². The summed E-state index contributed by atoms with van der Waals surface area (Å²) in [4.78, 5) is 0. The van der Waals surface area contributed by atoms with Crippen LogP contribution < -0.4 is 0 Å². The molecule has 3 rings (SSSR count). The molecular weight excluding hydrogens is 287 g/mol. The fourth-order valence-electron chi connectivity index (χ4n) is 3.84. The molecule has 4 heteroatoms. The fourth-order valence-corrected chi connectivity index (χ4v) is 3.84. The summed E-state index contributed by atoms with van der Waals surface area (Å²) in [6.07, 6.45) is 8.48. The molecule has 0 unspecified atom stereocenters. The lowest BCUT2D eigenvalue weighted by Gasteiger charge is -2.42. The SMILES string of the molecule is CCCCC1=C(C2=CCC2)[C@@H](CB2OC(C)(C)C(C)(C)O2)[C@@H]1O. The van der Waals surface area contributed by atoms with Gasteiger partial charge in [0.15, 0.2) is 0 Å². The number of hydrogen-bond acceptors (Lipinski definition) is 3. The largest absolute Gasteiger partial charge is 0.458 e. The van der Waals surface area contributed by atoms with Crippen LogP contribution >= 0.6 is 0 Å². The van der Waals surface area contributed by atoms with E-state index < -0.39 is 0 Å². The Balaban J connectivity index is 1.72. The van der Waals surface area contributed by atoms with Crippen LogP contribution in [0, 0.1) is 5.92 Å². The average molecular weight is 318 g/mol. The third kappa shape index (κ3) is 2.94. The van der Waals surface area contributed by atoms with E-state index in [0.29, 0.717) is 0 Å². The monoisotopic (exact) mass is 318 g/mol. The Labute approximate surface area is 141 Å². The maximum Gasteiger partial charge on any atom is 0.458 e. The van der Waals surface area contributed by atoms with Crippen molar-refractivity contribution in [2.24, 2.45) is 5.92 Å².